The molecule has 0 aliphatic carbocycles. The quantitative estimate of drug-likeness (QED) is 0.774. The minimum absolute atomic E-state index is 0.0374. The molecule has 0 spiro atoms. The van der Waals surface area contributed by atoms with Crippen LogP contribution in [0.25, 0.3) is 0 Å². The summed E-state index contributed by atoms with van der Waals surface area (Å²) in [5.41, 5.74) is 5.19. The zero-order valence-corrected chi connectivity index (χ0v) is 8.45. The van der Waals surface area contributed by atoms with Crippen LogP contribution in [0, 0.1) is 6.92 Å². The number of aryl methyl sites for hydroxylation is 1. The van der Waals surface area contributed by atoms with Crippen molar-refractivity contribution in [3.8, 4) is 0 Å². The van der Waals surface area contributed by atoms with E-state index >= 15 is 0 Å². The number of aliphatic imine (C=N–C) groups is 1. The monoisotopic (exact) mass is 190 g/mol. The molecule has 14 heavy (non-hydrogen) atoms. The summed E-state index contributed by atoms with van der Waals surface area (Å²) < 4.78 is 0. The van der Waals surface area contributed by atoms with Crippen LogP contribution in [0.4, 0.5) is 0 Å². The first-order valence-corrected chi connectivity index (χ1v) is 4.86. The third-order valence-electron chi connectivity index (χ3n) is 2.31. The minimum atomic E-state index is -0.0374. The van der Waals surface area contributed by atoms with Gasteiger partial charge in [-0.15, -0.1) is 0 Å². The summed E-state index contributed by atoms with van der Waals surface area (Å²) in [6.45, 7) is 4.12. The lowest BCUT2D eigenvalue weighted by Crippen LogP contribution is -2.19. The fraction of sp³-hybridized carbons (Fsp3) is 0.364. The Labute approximate surface area is 83.8 Å². The molecule has 1 atom stereocenters. The van der Waals surface area contributed by atoms with Crippen molar-refractivity contribution in [1.29, 1.82) is 0 Å². The number of amidine groups is 1. The molecule has 1 aliphatic rings. The summed E-state index contributed by atoms with van der Waals surface area (Å²) in [6.07, 6.45) is 0.854. The van der Waals surface area contributed by atoms with Crippen LogP contribution >= 0.6 is 0 Å². The second-order valence-electron chi connectivity index (χ2n) is 3.38. The van der Waals surface area contributed by atoms with Crippen LogP contribution in [-0.2, 0) is 4.84 Å². The Morgan fingerprint density at radius 2 is 2.21 bits per heavy atom. The summed E-state index contributed by atoms with van der Waals surface area (Å²) in [5, 5.41) is 0. The van der Waals surface area contributed by atoms with Crippen molar-refractivity contribution in [2.24, 2.45) is 4.99 Å². The van der Waals surface area contributed by atoms with E-state index in [4.69, 9.17) is 4.84 Å². The third-order valence-corrected chi connectivity index (χ3v) is 2.31. The number of rotatable bonds is 2. The van der Waals surface area contributed by atoms with Crippen molar-refractivity contribution >= 4 is 5.84 Å². The van der Waals surface area contributed by atoms with Crippen molar-refractivity contribution in [3.63, 3.8) is 0 Å². The zero-order valence-electron chi connectivity index (χ0n) is 8.45. The molecule has 0 bridgehead atoms. The van der Waals surface area contributed by atoms with Gasteiger partial charge in [-0.1, -0.05) is 31.2 Å². The van der Waals surface area contributed by atoms with E-state index in [0.29, 0.717) is 0 Å². The molecule has 1 aliphatic heterocycles. The molecule has 1 aromatic rings. The summed E-state index contributed by atoms with van der Waals surface area (Å²) in [4.78, 5) is 9.69. The number of nitrogens with one attached hydrogen (secondary N) is 1. The largest absolute Gasteiger partial charge is 0.248 e. The van der Waals surface area contributed by atoms with Gasteiger partial charge in [0.15, 0.2) is 12.1 Å². The van der Waals surface area contributed by atoms with Crippen molar-refractivity contribution in [3.05, 3.63) is 35.4 Å². The Bertz CT molecular complexity index is 360. The Kier molecular flexibility index (Phi) is 2.50. The highest BCUT2D eigenvalue weighted by Crippen LogP contribution is 2.13. The van der Waals surface area contributed by atoms with E-state index < -0.39 is 0 Å². The SMILES string of the molecule is CCC1N=C(c2ccccc2C)NO1. The molecule has 0 saturated heterocycles. The van der Waals surface area contributed by atoms with E-state index in [1.807, 2.05) is 18.2 Å². The maximum absolute atomic E-state index is 5.27. The third kappa shape index (κ3) is 1.63. The van der Waals surface area contributed by atoms with Gasteiger partial charge in [0.05, 0.1) is 0 Å². The maximum Gasteiger partial charge on any atom is 0.177 e. The second kappa shape index (κ2) is 3.80. The Hall–Kier alpha value is -1.35. The molecule has 1 unspecified atom stereocenters. The van der Waals surface area contributed by atoms with Crippen molar-refractivity contribution in [1.82, 2.24) is 5.48 Å². The predicted octanol–water partition coefficient (Wildman–Crippen LogP) is 2.01. The van der Waals surface area contributed by atoms with Gasteiger partial charge in [0.1, 0.15) is 0 Å². The van der Waals surface area contributed by atoms with Crippen LogP contribution < -0.4 is 5.48 Å². The first-order valence-electron chi connectivity index (χ1n) is 4.86. The number of nitrogens with zero attached hydrogens (tertiary/aromatic N) is 1. The molecule has 3 nitrogen and oxygen atoms in total. The smallest absolute Gasteiger partial charge is 0.177 e. The fourth-order valence-electron chi connectivity index (χ4n) is 1.46. The Morgan fingerprint density at radius 3 is 2.86 bits per heavy atom. The Morgan fingerprint density at radius 1 is 1.43 bits per heavy atom. The van der Waals surface area contributed by atoms with Gasteiger partial charge in [-0.25, -0.2) is 15.3 Å². The molecule has 3 heteroatoms. The molecule has 0 fully saturated rings. The van der Waals surface area contributed by atoms with Crippen LogP contribution in [-0.4, -0.2) is 12.1 Å². The molecular formula is C11H14N2O. The van der Waals surface area contributed by atoms with E-state index in [0.717, 1.165) is 17.8 Å². The highest BCUT2D eigenvalue weighted by atomic mass is 16.7. The van der Waals surface area contributed by atoms with E-state index in [-0.39, 0.29) is 6.23 Å². The molecule has 74 valence electrons. The molecule has 1 heterocycles. The Balaban J connectivity index is 2.28. The summed E-state index contributed by atoms with van der Waals surface area (Å²) in [7, 11) is 0. The molecule has 2 rings (SSSR count). The van der Waals surface area contributed by atoms with Crippen LogP contribution in [0.15, 0.2) is 29.3 Å². The van der Waals surface area contributed by atoms with Gasteiger partial charge in [0, 0.05) is 5.56 Å². The topological polar surface area (TPSA) is 33.6 Å². The number of benzene rings is 1. The van der Waals surface area contributed by atoms with Gasteiger partial charge in [0.2, 0.25) is 0 Å². The van der Waals surface area contributed by atoms with Gasteiger partial charge in [-0.3, -0.25) is 0 Å². The molecule has 0 saturated carbocycles. The predicted molar refractivity (Wildman–Crippen MR) is 56.0 cm³/mol. The van der Waals surface area contributed by atoms with E-state index in [1.165, 1.54) is 5.56 Å². The van der Waals surface area contributed by atoms with E-state index in [1.54, 1.807) is 0 Å². The van der Waals surface area contributed by atoms with Gasteiger partial charge in [-0.05, 0) is 18.9 Å². The summed E-state index contributed by atoms with van der Waals surface area (Å²) in [6, 6.07) is 8.14. The highest BCUT2D eigenvalue weighted by molar-refractivity contribution is 6.00. The van der Waals surface area contributed by atoms with Crippen LogP contribution in [0.1, 0.15) is 24.5 Å². The van der Waals surface area contributed by atoms with Gasteiger partial charge < -0.3 is 0 Å². The molecule has 1 aromatic carbocycles. The van der Waals surface area contributed by atoms with Gasteiger partial charge >= 0.3 is 0 Å². The van der Waals surface area contributed by atoms with E-state index in [2.05, 4.69) is 30.4 Å². The molecule has 1 N–H and O–H groups in total. The summed E-state index contributed by atoms with van der Waals surface area (Å²) in [5.74, 6) is 0.843. The highest BCUT2D eigenvalue weighted by Gasteiger charge is 2.17. The lowest BCUT2D eigenvalue weighted by atomic mass is 10.1. The normalized spacial score (nSPS) is 20.4. The number of hydrogen-bond acceptors (Lipinski definition) is 3. The first kappa shape index (κ1) is 9.21. The minimum Gasteiger partial charge on any atom is -0.248 e. The molecule has 0 amide bonds. The first-order chi connectivity index (χ1) is 6.81. The lowest BCUT2D eigenvalue weighted by Gasteiger charge is -2.03. The maximum atomic E-state index is 5.27. The average Bonchev–Trinajstić information content (AvgIpc) is 2.67. The van der Waals surface area contributed by atoms with Crippen molar-refractivity contribution in [2.45, 2.75) is 26.5 Å². The van der Waals surface area contributed by atoms with Crippen molar-refractivity contribution < 1.29 is 4.84 Å². The number of hydrogen-bond donors (Lipinski definition) is 1. The van der Waals surface area contributed by atoms with E-state index in [9.17, 15) is 0 Å². The van der Waals surface area contributed by atoms with Gasteiger partial charge in [-0.2, -0.15) is 0 Å². The second-order valence-corrected chi connectivity index (χ2v) is 3.38. The summed E-state index contributed by atoms with van der Waals surface area (Å²) >= 11 is 0. The van der Waals surface area contributed by atoms with Crippen LogP contribution in [0.3, 0.4) is 0 Å². The van der Waals surface area contributed by atoms with Crippen molar-refractivity contribution in [2.75, 3.05) is 0 Å². The fourth-order valence-corrected chi connectivity index (χ4v) is 1.46. The molecule has 0 aromatic heterocycles. The molecular weight excluding hydrogens is 176 g/mol. The van der Waals surface area contributed by atoms with Crippen LogP contribution in [0.2, 0.25) is 0 Å². The average molecular weight is 190 g/mol. The van der Waals surface area contributed by atoms with Gasteiger partial charge in [0.25, 0.3) is 0 Å². The number of hydroxylamine groups is 1. The molecule has 0 radical (unpaired) electrons. The van der Waals surface area contributed by atoms with Crippen LogP contribution in [0.5, 0.6) is 0 Å². The lowest BCUT2D eigenvalue weighted by molar-refractivity contribution is 0.0364. The zero-order chi connectivity index (χ0) is 9.97. The standard InChI is InChI=1S/C11H14N2O/c1-3-10-12-11(13-14-10)9-7-5-4-6-8(9)2/h4-7,10H,3H2,1-2H3,(H,12,13).